The Balaban J connectivity index is 2.67. The lowest BCUT2D eigenvalue weighted by Crippen LogP contribution is -2.36. The molecule has 0 saturated carbocycles. The molecule has 0 atom stereocenters. The number of carbonyl (C=O) groups excluding carboxylic acids is 2. The maximum Gasteiger partial charge on any atom is 0.251 e. The predicted octanol–water partition coefficient (Wildman–Crippen LogP) is 1.92. The molecule has 17 heavy (non-hydrogen) atoms. The van der Waals surface area contributed by atoms with Gasteiger partial charge < -0.3 is 10.2 Å². The lowest BCUT2D eigenvalue weighted by atomic mass is 10.2. The molecule has 6 heteroatoms. The number of rotatable bonds is 3. The highest BCUT2D eigenvalue weighted by atomic mass is 79.9. The first-order chi connectivity index (χ1) is 7.90. The Labute approximate surface area is 113 Å². The molecule has 1 aromatic rings. The van der Waals surface area contributed by atoms with Crippen molar-refractivity contribution in [1.29, 1.82) is 0 Å². The molecule has 0 radical (unpaired) electrons. The number of nitrogens with one attached hydrogen (secondary N) is 1. The van der Waals surface area contributed by atoms with Gasteiger partial charge in [0.25, 0.3) is 5.91 Å². The van der Waals surface area contributed by atoms with Crippen molar-refractivity contribution in [3.8, 4) is 0 Å². The molecule has 92 valence electrons. The van der Waals surface area contributed by atoms with Crippen LogP contribution < -0.4 is 5.32 Å². The summed E-state index contributed by atoms with van der Waals surface area (Å²) in [6.45, 7) is -0.0318. The van der Waals surface area contributed by atoms with Crippen LogP contribution in [0.4, 0.5) is 0 Å². The summed E-state index contributed by atoms with van der Waals surface area (Å²) in [6, 6.07) is 4.87. The van der Waals surface area contributed by atoms with Gasteiger partial charge in [-0.3, -0.25) is 9.59 Å². The summed E-state index contributed by atoms with van der Waals surface area (Å²) >= 11 is 9.07. The van der Waals surface area contributed by atoms with Crippen molar-refractivity contribution < 1.29 is 9.59 Å². The Bertz CT molecular complexity index is 429. The van der Waals surface area contributed by atoms with Gasteiger partial charge in [-0.1, -0.05) is 27.5 Å². The fourth-order valence-corrected chi connectivity index (χ4v) is 1.96. The highest BCUT2D eigenvalue weighted by Gasteiger charge is 2.10. The first-order valence-corrected chi connectivity index (χ1v) is 6.01. The van der Waals surface area contributed by atoms with E-state index in [0.29, 0.717) is 15.1 Å². The monoisotopic (exact) mass is 318 g/mol. The molecule has 0 spiro atoms. The topological polar surface area (TPSA) is 49.4 Å². The van der Waals surface area contributed by atoms with Crippen LogP contribution in [0.25, 0.3) is 0 Å². The van der Waals surface area contributed by atoms with E-state index in [2.05, 4.69) is 21.2 Å². The zero-order valence-electron chi connectivity index (χ0n) is 9.46. The van der Waals surface area contributed by atoms with Crippen molar-refractivity contribution in [1.82, 2.24) is 10.2 Å². The predicted molar refractivity (Wildman–Crippen MR) is 70.2 cm³/mol. The van der Waals surface area contributed by atoms with Crippen LogP contribution >= 0.6 is 27.5 Å². The molecule has 0 bridgehead atoms. The van der Waals surface area contributed by atoms with E-state index in [1.54, 1.807) is 32.3 Å². The Morgan fingerprint density at radius 2 is 2.00 bits per heavy atom. The first-order valence-electron chi connectivity index (χ1n) is 4.84. The summed E-state index contributed by atoms with van der Waals surface area (Å²) in [7, 11) is 3.26. The standard InChI is InChI=1S/C11H12BrClN2O2/c1-15(2)10(16)6-14-11(17)7-3-8(12)5-9(13)4-7/h3-5H,6H2,1-2H3,(H,14,17). The largest absolute Gasteiger partial charge is 0.347 e. The number of hydrogen-bond donors (Lipinski definition) is 1. The molecule has 0 aliphatic rings. The molecule has 2 amide bonds. The Hall–Kier alpha value is -1.07. The maximum atomic E-state index is 11.7. The molecule has 0 aliphatic heterocycles. The van der Waals surface area contributed by atoms with Crippen molar-refractivity contribution in [2.75, 3.05) is 20.6 Å². The van der Waals surface area contributed by atoms with Crippen LogP contribution in [0.15, 0.2) is 22.7 Å². The third kappa shape index (κ3) is 4.36. The Kier molecular flexibility index (Phi) is 4.96. The number of likely N-dealkylation sites (N-methyl/N-ethyl adjacent to an activating group) is 1. The summed E-state index contributed by atoms with van der Waals surface area (Å²) in [5, 5.41) is 2.99. The van der Waals surface area contributed by atoms with Crippen molar-refractivity contribution in [2.45, 2.75) is 0 Å². The van der Waals surface area contributed by atoms with Crippen molar-refractivity contribution >= 4 is 39.3 Å². The quantitative estimate of drug-likeness (QED) is 0.925. The number of carbonyl (C=O) groups is 2. The number of hydrogen-bond acceptors (Lipinski definition) is 2. The minimum atomic E-state index is -0.330. The third-order valence-corrected chi connectivity index (χ3v) is 2.70. The molecule has 0 fully saturated rings. The summed E-state index contributed by atoms with van der Waals surface area (Å²) in [5.41, 5.74) is 0.413. The van der Waals surface area contributed by atoms with E-state index < -0.39 is 0 Å². The van der Waals surface area contributed by atoms with E-state index >= 15 is 0 Å². The lowest BCUT2D eigenvalue weighted by Gasteiger charge is -2.11. The molecular formula is C11H12BrClN2O2. The van der Waals surface area contributed by atoms with Gasteiger partial charge in [0.1, 0.15) is 0 Å². The molecule has 0 saturated heterocycles. The second kappa shape index (κ2) is 6.02. The van der Waals surface area contributed by atoms with Gasteiger partial charge in [0.05, 0.1) is 6.54 Å². The molecule has 0 heterocycles. The van der Waals surface area contributed by atoms with E-state index in [1.165, 1.54) is 4.90 Å². The van der Waals surface area contributed by atoms with Gasteiger partial charge in [0, 0.05) is 29.2 Å². The van der Waals surface area contributed by atoms with E-state index in [1.807, 2.05) is 0 Å². The van der Waals surface area contributed by atoms with Crippen LogP contribution in [0.3, 0.4) is 0 Å². The molecule has 0 aliphatic carbocycles. The fourth-order valence-electron chi connectivity index (χ4n) is 1.10. The lowest BCUT2D eigenvalue weighted by molar-refractivity contribution is -0.127. The van der Waals surface area contributed by atoms with Crippen molar-refractivity contribution in [3.63, 3.8) is 0 Å². The Morgan fingerprint density at radius 1 is 1.35 bits per heavy atom. The average molecular weight is 320 g/mol. The zero-order valence-corrected chi connectivity index (χ0v) is 11.8. The summed E-state index contributed by atoms with van der Waals surface area (Å²) in [4.78, 5) is 24.4. The molecule has 0 unspecified atom stereocenters. The summed E-state index contributed by atoms with van der Waals surface area (Å²) in [5.74, 6) is -0.497. The third-order valence-electron chi connectivity index (χ3n) is 2.02. The second-order valence-electron chi connectivity index (χ2n) is 3.63. The molecule has 0 aromatic heterocycles. The van der Waals surface area contributed by atoms with Gasteiger partial charge in [0.2, 0.25) is 5.91 Å². The van der Waals surface area contributed by atoms with Crippen LogP contribution in [0.5, 0.6) is 0 Å². The number of halogens is 2. The van der Waals surface area contributed by atoms with Gasteiger partial charge in [-0.15, -0.1) is 0 Å². The smallest absolute Gasteiger partial charge is 0.251 e. The second-order valence-corrected chi connectivity index (χ2v) is 4.98. The summed E-state index contributed by atoms with van der Waals surface area (Å²) < 4.78 is 0.717. The molecule has 1 aromatic carbocycles. The van der Waals surface area contributed by atoms with E-state index in [4.69, 9.17) is 11.6 Å². The molecule has 1 rings (SSSR count). The van der Waals surface area contributed by atoms with Gasteiger partial charge in [-0.25, -0.2) is 0 Å². The SMILES string of the molecule is CN(C)C(=O)CNC(=O)c1cc(Cl)cc(Br)c1. The molecule has 4 nitrogen and oxygen atoms in total. The first kappa shape index (κ1) is 14.0. The van der Waals surface area contributed by atoms with Gasteiger partial charge >= 0.3 is 0 Å². The minimum Gasteiger partial charge on any atom is -0.347 e. The number of amides is 2. The van der Waals surface area contributed by atoms with Crippen molar-refractivity contribution in [3.05, 3.63) is 33.3 Å². The van der Waals surface area contributed by atoms with Crippen LogP contribution in [0.2, 0.25) is 5.02 Å². The van der Waals surface area contributed by atoms with Gasteiger partial charge in [-0.05, 0) is 18.2 Å². The molecule has 1 N–H and O–H groups in total. The van der Waals surface area contributed by atoms with Gasteiger partial charge in [0.15, 0.2) is 0 Å². The van der Waals surface area contributed by atoms with Crippen LogP contribution in [0, 0.1) is 0 Å². The fraction of sp³-hybridized carbons (Fsp3) is 0.273. The molecular weight excluding hydrogens is 307 g/mol. The number of benzene rings is 1. The normalized spacial score (nSPS) is 9.88. The van der Waals surface area contributed by atoms with Crippen LogP contribution in [0.1, 0.15) is 10.4 Å². The van der Waals surface area contributed by atoms with Gasteiger partial charge in [-0.2, -0.15) is 0 Å². The maximum absolute atomic E-state index is 11.7. The van der Waals surface area contributed by atoms with Crippen LogP contribution in [-0.4, -0.2) is 37.4 Å². The Morgan fingerprint density at radius 3 is 2.53 bits per heavy atom. The van der Waals surface area contributed by atoms with E-state index in [-0.39, 0.29) is 18.4 Å². The van der Waals surface area contributed by atoms with Crippen molar-refractivity contribution in [2.24, 2.45) is 0 Å². The van der Waals surface area contributed by atoms with E-state index in [9.17, 15) is 9.59 Å². The highest BCUT2D eigenvalue weighted by Crippen LogP contribution is 2.19. The average Bonchev–Trinajstić information content (AvgIpc) is 2.23. The highest BCUT2D eigenvalue weighted by molar-refractivity contribution is 9.10. The summed E-state index contributed by atoms with van der Waals surface area (Å²) in [6.07, 6.45) is 0. The van der Waals surface area contributed by atoms with Crippen LogP contribution in [-0.2, 0) is 4.79 Å². The number of nitrogens with zero attached hydrogens (tertiary/aromatic N) is 1. The zero-order chi connectivity index (χ0) is 13.0. The van der Waals surface area contributed by atoms with E-state index in [0.717, 1.165) is 0 Å². The minimum absolute atomic E-state index is 0.0318.